The molecule has 7 nitrogen and oxygen atoms in total. The zero-order valence-corrected chi connectivity index (χ0v) is 14.6. The van der Waals surface area contributed by atoms with Gasteiger partial charge in [-0.25, -0.2) is 4.79 Å². The summed E-state index contributed by atoms with van der Waals surface area (Å²) in [4.78, 5) is 24.5. The molecule has 134 valence electrons. The quantitative estimate of drug-likeness (QED) is 0.764. The fourth-order valence-corrected chi connectivity index (χ4v) is 2.55. The number of aromatic carboxylic acids is 1. The molecule has 0 spiro atoms. The normalized spacial score (nSPS) is 10.9. The van der Waals surface area contributed by atoms with E-state index in [1.54, 1.807) is 36.4 Å². The maximum atomic E-state index is 12.8. The van der Waals surface area contributed by atoms with Crippen LogP contribution in [0.5, 0.6) is 0 Å². The van der Waals surface area contributed by atoms with Gasteiger partial charge in [-0.15, -0.1) is 0 Å². The first-order valence-electron chi connectivity index (χ1n) is 8.02. The third kappa shape index (κ3) is 3.41. The van der Waals surface area contributed by atoms with E-state index in [2.05, 4.69) is 5.10 Å². The summed E-state index contributed by atoms with van der Waals surface area (Å²) < 4.78 is 6.10. The van der Waals surface area contributed by atoms with Gasteiger partial charge in [-0.1, -0.05) is 6.07 Å². The van der Waals surface area contributed by atoms with Gasteiger partial charge in [0, 0.05) is 5.56 Å². The number of benzene rings is 1. The molecular formula is C20H15N3O4. The molecule has 0 amide bonds. The van der Waals surface area contributed by atoms with Gasteiger partial charge in [0.05, 0.1) is 12.0 Å². The topological polar surface area (TPSA) is 109 Å². The number of furan rings is 1. The molecule has 0 saturated carbocycles. The summed E-state index contributed by atoms with van der Waals surface area (Å²) in [5.41, 5.74) is 0.873. The molecule has 0 radical (unpaired) electrons. The molecule has 0 unspecified atom stereocenters. The summed E-state index contributed by atoms with van der Waals surface area (Å²) in [6.45, 7) is 3.79. The molecular weight excluding hydrogens is 346 g/mol. The molecule has 3 aromatic rings. The van der Waals surface area contributed by atoms with E-state index in [-0.39, 0.29) is 11.1 Å². The molecule has 27 heavy (non-hydrogen) atoms. The highest BCUT2D eigenvalue weighted by Crippen LogP contribution is 2.17. The Morgan fingerprint density at radius 1 is 1.26 bits per heavy atom. The molecule has 0 aliphatic carbocycles. The van der Waals surface area contributed by atoms with E-state index in [0.29, 0.717) is 11.4 Å². The van der Waals surface area contributed by atoms with Gasteiger partial charge in [0.15, 0.2) is 5.69 Å². The number of nitrogens with zero attached hydrogens (tertiary/aromatic N) is 3. The van der Waals surface area contributed by atoms with E-state index in [0.717, 1.165) is 15.8 Å². The Hall–Kier alpha value is -3.92. The highest BCUT2D eigenvalue weighted by molar-refractivity contribution is 5.92. The van der Waals surface area contributed by atoms with Gasteiger partial charge in [-0.2, -0.15) is 15.0 Å². The number of carboxylic acid groups (broad SMARTS) is 1. The van der Waals surface area contributed by atoms with E-state index in [9.17, 15) is 20.0 Å². The van der Waals surface area contributed by atoms with Gasteiger partial charge in [-0.05, 0) is 61.4 Å². The van der Waals surface area contributed by atoms with Crippen LogP contribution in [0.1, 0.15) is 38.5 Å². The van der Waals surface area contributed by atoms with Crippen LogP contribution in [-0.4, -0.2) is 20.9 Å². The van der Waals surface area contributed by atoms with Crippen molar-refractivity contribution >= 4 is 18.1 Å². The first-order chi connectivity index (χ1) is 12.9. The predicted molar refractivity (Wildman–Crippen MR) is 98.6 cm³/mol. The Kier molecular flexibility index (Phi) is 4.73. The largest absolute Gasteiger partial charge is 0.476 e. The lowest BCUT2D eigenvalue weighted by Gasteiger charge is -2.11. The lowest BCUT2D eigenvalue weighted by molar-refractivity contribution is 0.0688. The number of nitriles is 1. The number of rotatable bonds is 4. The zero-order chi connectivity index (χ0) is 19.6. The van der Waals surface area contributed by atoms with Crippen LogP contribution in [-0.2, 0) is 0 Å². The zero-order valence-electron chi connectivity index (χ0n) is 14.6. The number of hydrogen-bond donors (Lipinski definition) is 1. The van der Waals surface area contributed by atoms with Crippen molar-refractivity contribution in [1.82, 2.24) is 9.78 Å². The molecule has 2 heterocycles. The molecule has 0 bridgehead atoms. The summed E-state index contributed by atoms with van der Waals surface area (Å²) in [6, 6.07) is 10.3. The third-order valence-corrected chi connectivity index (χ3v) is 4.14. The van der Waals surface area contributed by atoms with E-state index >= 15 is 0 Å². The van der Waals surface area contributed by atoms with Gasteiger partial charge < -0.3 is 9.52 Å². The summed E-state index contributed by atoms with van der Waals surface area (Å²) in [6.07, 6.45) is 4.28. The van der Waals surface area contributed by atoms with Crippen molar-refractivity contribution in [3.8, 4) is 11.8 Å². The lowest BCUT2D eigenvalue weighted by Crippen LogP contribution is -2.28. The average Bonchev–Trinajstić information content (AvgIpc) is 3.15. The number of hydrogen-bond acceptors (Lipinski definition) is 5. The van der Waals surface area contributed by atoms with Gasteiger partial charge in [0.25, 0.3) is 5.56 Å². The van der Waals surface area contributed by atoms with E-state index in [1.807, 2.05) is 13.8 Å². The van der Waals surface area contributed by atoms with Crippen LogP contribution in [0.3, 0.4) is 0 Å². The van der Waals surface area contributed by atoms with Crippen LogP contribution in [0.4, 0.5) is 0 Å². The second kappa shape index (κ2) is 7.14. The third-order valence-electron chi connectivity index (χ3n) is 4.14. The first kappa shape index (κ1) is 17.9. The predicted octanol–water partition coefficient (Wildman–Crippen LogP) is 3.18. The monoisotopic (exact) mass is 361 g/mol. The van der Waals surface area contributed by atoms with Crippen molar-refractivity contribution in [3.05, 3.63) is 80.7 Å². The van der Waals surface area contributed by atoms with Crippen LogP contribution in [0.15, 0.2) is 45.8 Å². The lowest BCUT2D eigenvalue weighted by atomic mass is 10.1. The standard InChI is InChI=1S/C20H15N3O4/c1-12-5-6-14(10-13(12)2)23-19(24)17(11-21)16(18(22-23)20(25)26)8-7-15-4-3-9-27-15/h3-10H,1-2H3,(H,25,26)/b8-7+. The van der Waals surface area contributed by atoms with Crippen molar-refractivity contribution in [1.29, 1.82) is 5.26 Å². The summed E-state index contributed by atoms with van der Waals surface area (Å²) in [5.74, 6) is -0.892. The molecule has 1 aromatic carbocycles. The molecule has 0 saturated heterocycles. The van der Waals surface area contributed by atoms with Gasteiger partial charge >= 0.3 is 5.97 Å². The first-order valence-corrected chi connectivity index (χ1v) is 8.02. The number of aryl methyl sites for hydroxylation is 2. The fourth-order valence-electron chi connectivity index (χ4n) is 2.55. The summed E-state index contributed by atoms with van der Waals surface area (Å²) in [5, 5.41) is 23.0. The van der Waals surface area contributed by atoms with Crippen LogP contribution in [0.25, 0.3) is 17.8 Å². The molecule has 2 aromatic heterocycles. The van der Waals surface area contributed by atoms with E-state index in [4.69, 9.17) is 4.42 Å². The van der Waals surface area contributed by atoms with Gasteiger partial charge in [0.2, 0.25) is 0 Å². The molecule has 7 heteroatoms. The molecule has 0 aliphatic heterocycles. The smallest absolute Gasteiger partial charge is 0.357 e. The second-order valence-electron chi connectivity index (χ2n) is 5.89. The minimum Gasteiger partial charge on any atom is -0.476 e. The van der Waals surface area contributed by atoms with Crippen LogP contribution in [0, 0.1) is 25.2 Å². The number of aromatic nitrogens is 2. The SMILES string of the molecule is Cc1ccc(-n2nc(C(=O)O)c(/C=C/c3ccco3)c(C#N)c2=O)cc1C. The molecule has 0 atom stereocenters. The Labute approximate surface area is 154 Å². The maximum Gasteiger partial charge on any atom is 0.357 e. The Balaban J connectivity index is 2.26. The van der Waals surface area contributed by atoms with Crippen LogP contribution < -0.4 is 5.56 Å². The van der Waals surface area contributed by atoms with Gasteiger partial charge in [-0.3, -0.25) is 4.79 Å². The Morgan fingerprint density at radius 2 is 2.04 bits per heavy atom. The van der Waals surface area contributed by atoms with Crippen molar-refractivity contribution in [2.24, 2.45) is 0 Å². The van der Waals surface area contributed by atoms with Crippen molar-refractivity contribution in [3.63, 3.8) is 0 Å². The van der Waals surface area contributed by atoms with Crippen LogP contribution in [0.2, 0.25) is 0 Å². The van der Waals surface area contributed by atoms with E-state index in [1.165, 1.54) is 18.4 Å². The van der Waals surface area contributed by atoms with Gasteiger partial charge in [0.1, 0.15) is 17.4 Å². The molecule has 0 aliphatic rings. The average molecular weight is 361 g/mol. The molecule has 1 N–H and O–H groups in total. The number of carbonyl (C=O) groups is 1. The summed E-state index contributed by atoms with van der Waals surface area (Å²) >= 11 is 0. The minimum atomic E-state index is -1.34. The Bertz CT molecular complexity index is 1150. The highest BCUT2D eigenvalue weighted by atomic mass is 16.4. The molecule has 3 rings (SSSR count). The molecule has 0 fully saturated rings. The van der Waals surface area contributed by atoms with Crippen LogP contribution >= 0.6 is 0 Å². The fraction of sp³-hybridized carbons (Fsp3) is 0.100. The van der Waals surface area contributed by atoms with Crippen molar-refractivity contribution in [2.75, 3.05) is 0 Å². The van der Waals surface area contributed by atoms with Crippen molar-refractivity contribution in [2.45, 2.75) is 13.8 Å². The minimum absolute atomic E-state index is 0.0634. The van der Waals surface area contributed by atoms with Crippen molar-refractivity contribution < 1.29 is 14.3 Å². The number of carboxylic acids is 1. The maximum absolute atomic E-state index is 12.8. The summed E-state index contributed by atoms with van der Waals surface area (Å²) in [7, 11) is 0. The Morgan fingerprint density at radius 3 is 2.63 bits per heavy atom. The second-order valence-corrected chi connectivity index (χ2v) is 5.89. The van der Waals surface area contributed by atoms with E-state index < -0.39 is 17.2 Å². The highest BCUT2D eigenvalue weighted by Gasteiger charge is 2.21.